The van der Waals surface area contributed by atoms with E-state index < -0.39 is 5.41 Å². The van der Waals surface area contributed by atoms with E-state index in [-0.39, 0.29) is 0 Å². The number of rotatable bonds is 8. The molecule has 0 radical (unpaired) electrons. The summed E-state index contributed by atoms with van der Waals surface area (Å²) in [5, 5.41) is 2.41. The smallest absolute Gasteiger partial charge is 0.0714 e. The van der Waals surface area contributed by atoms with Crippen molar-refractivity contribution in [2.24, 2.45) is 0 Å². The van der Waals surface area contributed by atoms with Crippen LogP contribution in [0.15, 0.2) is 243 Å². The molecule has 1 heteroatoms. The maximum absolute atomic E-state index is 2.53. The highest BCUT2D eigenvalue weighted by atomic mass is 15.1. The molecule has 1 nitrogen and oxygen atoms in total. The summed E-state index contributed by atoms with van der Waals surface area (Å²) in [6.45, 7) is 2.27. The Kier molecular flexibility index (Phi) is 9.02. The fraction of sp³-hybridized carbons (Fsp3) is 0.0333. The molecule has 0 saturated heterocycles. The Labute approximate surface area is 358 Å². The molecule has 10 aromatic carbocycles. The average molecular weight is 778 g/mol. The van der Waals surface area contributed by atoms with Crippen LogP contribution in [-0.4, -0.2) is 0 Å². The Morgan fingerprint density at radius 3 is 1.52 bits per heavy atom. The zero-order valence-corrected chi connectivity index (χ0v) is 34.0. The minimum Gasteiger partial charge on any atom is -0.309 e. The van der Waals surface area contributed by atoms with E-state index in [1.54, 1.807) is 0 Å². The van der Waals surface area contributed by atoms with Gasteiger partial charge in [-0.05, 0) is 115 Å². The first-order chi connectivity index (χ1) is 30.2. The Morgan fingerprint density at radius 2 is 0.885 bits per heavy atom. The largest absolute Gasteiger partial charge is 0.309 e. The van der Waals surface area contributed by atoms with Crippen LogP contribution in [0, 0.1) is 6.92 Å². The summed E-state index contributed by atoms with van der Waals surface area (Å²) in [7, 11) is 0. The second kappa shape index (κ2) is 15.1. The van der Waals surface area contributed by atoms with Crippen LogP contribution in [0.1, 0.15) is 27.8 Å². The summed E-state index contributed by atoms with van der Waals surface area (Å²) >= 11 is 0. The Bertz CT molecular complexity index is 3130. The van der Waals surface area contributed by atoms with Gasteiger partial charge in [-0.3, -0.25) is 0 Å². The molecule has 0 spiro atoms. The molecular weight excluding hydrogens is 735 g/mol. The van der Waals surface area contributed by atoms with E-state index in [0.717, 1.165) is 11.4 Å². The molecule has 0 N–H and O–H groups in total. The molecule has 0 unspecified atom stereocenters. The third kappa shape index (κ3) is 6.01. The van der Waals surface area contributed by atoms with Crippen molar-refractivity contribution < 1.29 is 0 Å². The predicted molar refractivity (Wildman–Crippen MR) is 257 cm³/mol. The molecule has 0 aromatic heterocycles. The van der Waals surface area contributed by atoms with Gasteiger partial charge in [-0.25, -0.2) is 0 Å². The van der Waals surface area contributed by atoms with Crippen LogP contribution in [0.2, 0.25) is 0 Å². The Balaban J connectivity index is 1.23. The van der Waals surface area contributed by atoms with Crippen LogP contribution < -0.4 is 4.90 Å². The fourth-order valence-corrected chi connectivity index (χ4v) is 9.97. The van der Waals surface area contributed by atoms with Crippen LogP contribution >= 0.6 is 0 Å². The maximum atomic E-state index is 2.53. The summed E-state index contributed by atoms with van der Waals surface area (Å²) in [5.74, 6) is 0. The van der Waals surface area contributed by atoms with Crippen molar-refractivity contribution in [3.05, 3.63) is 270 Å². The van der Waals surface area contributed by atoms with Gasteiger partial charge in [-0.2, -0.15) is 0 Å². The van der Waals surface area contributed by atoms with Crippen molar-refractivity contribution in [3.63, 3.8) is 0 Å². The van der Waals surface area contributed by atoms with Gasteiger partial charge in [-0.15, -0.1) is 0 Å². The number of fused-ring (bicyclic) bond motifs is 4. The molecule has 61 heavy (non-hydrogen) atoms. The average Bonchev–Trinajstić information content (AvgIpc) is 3.63. The molecule has 0 fully saturated rings. The van der Waals surface area contributed by atoms with Crippen LogP contribution in [0.3, 0.4) is 0 Å². The standard InChI is InChI=1S/C60H43N/c1-42-39-47(52-33-20-19-32-51(52)44-23-9-3-10-24-44)36-38-57(42)61(50-30-15-6-16-31-50)59-53-34-18-17-25-46(53)41-56-58(59)54-37-35-45(43-21-7-2-8-22-43)40-55(54)60(56,48-26-11-4-12-27-48)49-28-13-5-14-29-49/h2-41H,1H3. The minimum atomic E-state index is -0.598. The molecule has 0 atom stereocenters. The zero-order chi connectivity index (χ0) is 40.8. The Hall–Kier alpha value is -7.74. The highest BCUT2D eigenvalue weighted by Crippen LogP contribution is 2.62. The van der Waals surface area contributed by atoms with Gasteiger partial charge in [0.2, 0.25) is 0 Å². The lowest BCUT2D eigenvalue weighted by Gasteiger charge is -2.35. The van der Waals surface area contributed by atoms with Crippen molar-refractivity contribution in [1.29, 1.82) is 0 Å². The maximum Gasteiger partial charge on any atom is 0.0714 e. The van der Waals surface area contributed by atoms with Gasteiger partial charge in [-0.1, -0.05) is 206 Å². The van der Waals surface area contributed by atoms with E-state index in [0.29, 0.717) is 0 Å². The van der Waals surface area contributed by atoms with E-state index in [4.69, 9.17) is 0 Å². The van der Waals surface area contributed by atoms with Gasteiger partial charge in [0.05, 0.1) is 11.1 Å². The molecule has 0 saturated carbocycles. The molecule has 1 aliphatic carbocycles. The molecule has 10 aromatic rings. The topological polar surface area (TPSA) is 3.24 Å². The second-order valence-electron chi connectivity index (χ2n) is 16.1. The summed E-state index contributed by atoms with van der Waals surface area (Å²) in [5.41, 5.74) is 18.9. The van der Waals surface area contributed by atoms with Crippen molar-refractivity contribution >= 4 is 27.8 Å². The van der Waals surface area contributed by atoms with Crippen LogP contribution in [0.25, 0.3) is 55.3 Å². The Morgan fingerprint density at radius 1 is 0.361 bits per heavy atom. The highest BCUT2D eigenvalue weighted by molar-refractivity contribution is 6.11. The third-order valence-electron chi connectivity index (χ3n) is 12.6. The number of nitrogens with zero attached hydrogens (tertiary/aromatic N) is 1. The first kappa shape index (κ1) is 36.3. The van der Waals surface area contributed by atoms with Crippen LogP contribution in [0.4, 0.5) is 17.1 Å². The molecule has 11 rings (SSSR count). The SMILES string of the molecule is Cc1cc(-c2ccccc2-c2ccccc2)ccc1N(c1ccccc1)c1c2c(cc3ccccc13)C(c1ccccc1)(c1ccccc1)c1cc(-c3ccccc3)ccc1-2. The first-order valence-electron chi connectivity index (χ1n) is 21.2. The van der Waals surface area contributed by atoms with Crippen molar-refractivity contribution in [1.82, 2.24) is 0 Å². The monoisotopic (exact) mass is 777 g/mol. The van der Waals surface area contributed by atoms with E-state index in [2.05, 4.69) is 254 Å². The quantitative estimate of drug-likeness (QED) is 0.149. The summed E-state index contributed by atoms with van der Waals surface area (Å²) < 4.78 is 0. The highest BCUT2D eigenvalue weighted by Gasteiger charge is 2.48. The van der Waals surface area contributed by atoms with Crippen molar-refractivity contribution in [3.8, 4) is 44.5 Å². The first-order valence-corrected chi connectivity index (χ1v) is 21.2. The lowest BCUT2D eigenvalue weighted by atomic mass is 9.67. The number of aryl methyl sites for hydroxylation is 1. The van der Waals surface area contributed by atoms with E-state index >= 15 is 0 Å². The van der Waals surface area contributed by atoms with Gasteiger partial charge in [0, 0.05) is 22.3 Å². The number of benzene rings is 10. The molecule has 0 bridgehead atoms. The lowest BCUT2D eigenvalue weighted by Crippen LogP contribution is -2.28. The summed E-state index contributed by atoms with van der Waals surface area (Å²) in [6.07, 6.45) is 0. The summed E-state index contributed by atoms with van der Waals surface area (Å²) in [4.78, 5) is 2.53. The minimum absolute atomic E-state index is 0.598. The molecular formula is C60H43N. The number of anilines is 3. The zero-order valence-electron chi connectivity index (χ0n) is 34.0. The lowest BCUT2D eigenvalue weighted by molar-refractivity contribution is 0.770. The molecule has 0 amide bonds. The van der Waals surface area contributed by atoms with E-state index in [1.807, 2.05) is 0 Å². The number of hydrogen-bond donors (Lipinski definition) is 0. The van der Waals surface area contributed by atoms with Gasteiger partial charge in [0.1, 0.15) is 0 Å². The van der Waals surface area contributed by atoms with Crippen molar-refractivity contribution in [2.75, 3.05) is 4.90 Å². The third-order valence-corrected chi connectivity index (χ3v) is 12.6. The molecule has 1 aliphatic rings. The van der Waals surface area contributed by atoms with Gasteiger partial charge in [0.15, 0.2) is 0 Å². The summed E-state index contributed by atoms with van der Waals surface area (Å²) in [6, 6.07) is 89.2. The predicted octanol–water partition coefficient (Wildman–Crippen LogP) is 16.0. The van der Waals surface area contributed by atoms with E-state index in [9.17, 15) is 0 Å². The van der Waals surface area contributed by atoms with Crippen LogP contribution in [-0.2, 0) is 5.41 Å². The molecule has 288 valence electrons. The van der Waals surface area contributed by atoms with Crippen molar-refractivity contribution in [2.45, 2.75) is 12.3 Å². The molecule has 0 aliphatic heterocycles. The molecule has 0 heterocycles. The number of hydrogen-bond acceptors (Lipinski definition) is 1. The van der Waals surface area contributed by atoms with Gasteiger partial charge >= 0.3 is 0 Å². The van der Waals surface area contributed by atoms with Crippen LogP contribution in [0.5, 0.6) is 0 Å². The number of para-hydroxylation sites is 1. The van der Waals surface area contributed by atoms with Gasteiger partial charge in [0.25, 0.3) is 0 Å². The van der Waals surface area contributed by atoms with Gasteiger partial charge < -0.3 is 4.90 Å². The fourth-order valence-electron chi connectivity index (χ4n) is 9.97. The normalized spacial score (nSPS) is 12.5. The second-order valence-corrected chi connectivity index (χ2v) is 16.1. The van der Waals surface area contributed by atoms with E-state index in [1.165, 1.54) is 88.8 Å².